The minimum atomic E-state index is -0.279. The number of hydrogen-bond donors (Lipinski definition) is 0. The first-order valence-corrected chi connectivity index (χ1v) is 9.05. The lowest BCUT2D eigenvalue weighted by molar-refractivity contribution is 0.0798. The van der Waals surface area contributed by atoms with Crippen molar-refractivity contribution < 1.29 is 13.9 Å². The minimum Gasteiger partial charge on any atom is -0.459 e. The molecule has 2 heterocycles. The van der Waals surface area contributed by atoms with Crippen LogP contribution in [0.5, 0.6) is 0 Å². The second-order valence-electron chi connectivity index (χ2n) is 6.32. The van der Waals surface area contributed by atoms with Gasteiger partial charge in [0.2, 0.25) is 12.7 Å². The standard InChI is InChI=1S/C21H17ClFN3O2/c1-14-2-8-17(9-3-14)26(20-12-27-13-28-20)18-11-24-19(25-21(18)22)10-15-4-6-16(23)7-5-15/h2-9,11-12H,10,13H2,1H3. The fraction of sp³-hybridized carbons (Fsp3) is 0.143. The summed E-state index contributed by atoms with van der Waals surface area (Å²) in [6.45, 7) is 2.15. The van der Waals surface area contributed by atoms with Gasteiger partial charge >= 0.3 is 0 Å². The Morgan fingerprint density at radius 3 is 2.50 bits per heavy atom. The van der Waals surface area contributed by atoms with Gasteiger partial charge in [0, 0.05) is 12.1 Å². The summed E-state index contributed by atoms with van der Waals surface area (Å²) in [7, 11) is 0. The average Bonchev–Trinajstić information content (AvgIpc) is 3.21. The average molecular weight is 398 g/mol. The summed E-state index contributed by atoms with van der Waals surface area (Å²) in [5.74, 6) is 0.765. The molecule has 142 valence electrons. The molecule has 0 amide bonds. The number of halogens is 2. The molecule has 1 aliphatic heterocycles. The Balaban J connectivity index is 1.66. The van der Waals surface area contributed by atoms with Gasteiger partial charge in [-0.05, 0) is 36.8 Å². The Kier molecular flexibility index (Phi) is 5.12. The van der Waals surface area contributed by atoms with E-state index in [9.17, 15) is 4.39 Å². The molecule has 0 saturated carbocycles. The van der Waals surface area contributed by atoms with Crippen molar-refractivity contribution in [3.63, 3.8) is 0 Å². The molecule has 0 aliphatic carbocycles. The third-order valence-corrected chi connectivity index (χ3v) is 4.54. The van der Waals surface area contributed by atoms with Gasteiger partial charge in [-0.1, -0.05) is 41.4 Å². The zero-order valence-electron chi connectivity index (χ0n) is 15.1. The van der Waals surface area contributed by atoms with Crippen molar-refractivity contribution in [3.05, 3.63) is 94.8 Å². The molecular weight excluding hydrogens is 381 g/mol. The van der Waals surface area contributed by atoms with E-state index in [1.807, 2.05) is 31.2 Å². The Morgan fingerprint density at radius 2 is 1.86 bits per heavy atom. The Labute approximate surface area is 167 Å². The van der Waals surface area contributed by atoms with Gasteiger partial charge in [0.25, 0.3) is 0 Å². The summed E-state index contributed by atoms with van der Waals surface area (Å²) in [6, 6.07) is 14.1. The zero-order chi connectivity index (χ0) is 19.5. The Bertz CT molecular complexity index is 1010. The number of anilines is 2. The SMILES string of the molecule is Cc1ccc(N(C2=COCO2)c2cnc(Cc3ccc(F)cc3)nc2Cl)cc1. The largest absolute Gasteiger partial charge is 0.459 e. The van der Waals surface area contributed by atoms with Crippen LogP contribution in [0.2, 0.25) is 5.15 Å². The second kappa shape index (κ2) is 7.86. The van der Waals surface area contributed by atoms with Crippen molar-refractivity contribution in [3.8, 4) is 0 Å². The van der Waals surface area contributed by atoms with Gasteiger partial charge < -0.3 is 9.47 Å². The first-order valence-electron chi connectivity index (χ1n) is 8.67. The molecule has 2 aromatic carbocycles. The molecule has 7 heteroatoms. The molecule has 1 aromatic heterocycles. The molecule has 4 rings (SSSR count). The number of aromatic nitrogens is 2. The highest BCUT2D eigenvalue weighted by Crippen LogP contribution is 2.35. The van der Waals surface area contributed by atoms with Gasteiger partial charge in [0.1, 0.15) is 23.6 Å². The predicted octanol–water partition coefficient (Wildman–Crippen LogP) is 5.11. The Hall–Kier alpha value is -3.12. The van der Waals surface area contributed by atoms with Crippen LogP contribution >= 0.6 is 11.6 Å². The van der Waals surface area contributed by atoms with E-state index in [-0.39, 0.29) is 17.8 Å². The van der Waals surface area contributed by atoms with E-state index in [0.29, 0.717) is 23.8 Å². The number of ether oxygens (including phenoxy) is 2. The number of aryl methyl sites for hydroxylation is 1. The van der Waals surface area contributed by atoms with E-state index in [1.54, 1.807) is 23.2 Å². The van der Waals surface area contributed by atoms with Gasteiger partial charge in [-0.2, -0.15) is 0 Å². The summed E-state index contributed by atoms with van der Waals surface area (Å²) in [5, 5.41) is 0.282. The molecule has 0 spiro atoms. The topological polar surface area (TPSA) is 47.5 Å². The lowest BCUT2D eigenvalue weighted by Crippen LogP contribution is -2.18. The third kappa shape index (κ3) is 3.92. The molecule has 0 radical (unpaired) electrons. The van der Waals surface area contributed by atoms with Gasteiger partial charge in [-0.3, -0.25) is 4.90 Å². The highest BCUT2D eigenvalue weighted by molar-refractivity contribution is 6.32. The molecule has 0 bridgehead atoms. The van der Waals surface area contributed by atoms with Crippen molar-refractivity contribution in [1.29, 1.82) is 0 Å². The molecule has 0 atom stereocenters. The van der Waals surface area contributed by atoms with Crippen LogP contribution in [0, 0.1) is 12.7 Å². The van der Waals surface area contributed by atoms with Crippen molar-refractivity contribution in [1.82, 2.24) is 9.97 Å². The van der Waals surface area contributed by atoms with Gasteiger partial charge in [-0.15, -0.1) is 0 Å². The lowest BCUT2D eigenvalue weighted by atomic mass is 10.1. The summed E-state index contributed by atoms with van der Waals surface area (Å²) >= 11 is 6.50. The Morgan fingerprint density at radius 1 is 1.11 bits per heavy atom. The van der Waals surface area contributed by atoms with Gasteiger partial charge in [0.15, 0.2) is 5.15 Å². The summed E-state index contributed by atoms with van der Waals surface area (Å²) in [6.07, 6.45) is 3.63. The molecule has 5 nitrogen and oxygen atoms in total. The molecule has 0 N–H and O–H groups in total. The van der Waals surface area contributed by atoms with E-state index in [1.165, 1.54) is 18.4 Å². The minimum absolute atomic E-state index is 0.138. The first-order chi connectivity index (χ1) is 13.6. The van der Waals surface area contributed by atoms with Crippen LogP contribution in [0.4, 0.5) is 15.8 Å². The van der Waals surface area contributed by atoms with E-state index in [4.69, 9.17) is 21.1 Å². The normalized spacial score (nSPS) is 12.9. The molecule has 3 aromatic rings. The van der Waals surface area contributed by atoms with E-state index in [0.717, 1.165) is 16.8 Å². The first kappa shape index (κ1) is 18.3. The highest BCUT2D eigenvalue weighted by atomic mass is 35.5. The zero-order valence-corrected chi connectivity index (χ0v) is 15.9. The maximum atomic E-state index is 13.1. The smallest absolute Gasteiger partial charge is 0.237 e. The molecule has 0 unspecified atom stereocenters. The van der Waals surface area contributed by atoms with Crippen LogP contribution in [0.3, 0.4) is 0 Å². The van der Waals surface area contributed by atoms with Crippen LogP contribution in [0.15, 0.2) is 66.9 Å². The highest BCUT2D eigenvalue weighted by Gasteiger charge is 2.23. The molecule has 0 fully saturated rings. The van der Waals surface area contributed by atoms with Gasteiger partial charge in [-0.25, -0.2) is 14.4 Å². The number of benzene rings is 2. The van der Waals surface area contributed by atoms with E-state index >= 15 is 0 Å². The number of rotatable bonds is 5. The van der Waals surface area contributed by atoms with Crippen molar-refractivity contribution in [2.75, 3.05) is 11.7 Å². The molecule has 1 aliphatic rings. The predicted molar refractivity (Wildman–Crippen MR) is 105 cm³/mol. The van der Waals surface area contributed by atoms with Crippen LogP contribution in [-0.4, -0.2) is 16.8 Å². The summed E-state index contributed by atoms with van der Waals surface area (Å²) < 4.78 is 23.9. The van der Waals surface area contributed by atoms with Crippen molar-refractivity contribution in [2.24, 2.45) is 0 Å². The van der Waals surface area contributed by atoms with Crippen LogP contribution in [-0.2, 0) is 15.9 Å². The fourth-order valence-corrected chi connectivity index (χ4v) is 3.07. The van der Waals surface area contributed by atoms with Crippen LogP contribution in [0.1, 0.15) is 17.0 Å². The second-order valence-corrected chi connectivity index (χ2v) is 6.68. The third-order valence-electron chi connectivity index (χ3n) is 4.26. The molecule has 28 heavy (non-hydrogen) atoms. The summed E-state index contributed by atoms with van der Waals surface area (Å²) in [5.41, 5.74) is 3.46. The maximum absolute atomic E-state index is 13.1. The maximum Gasteiger partial charge on any atom is 0.237 e. The molecule has 0 saturated heterocycles. The van der Waals surface area contributed by atoms with E-state index < -0.39 is 0 Å². The fourth-order valence-electron chi connectivity index (χ4n) is 2.84. The summed E-state index contributed by atoms with van der Waals surface area (Å²) in [4.78, 5) is 10.7. The number of hydrogen-bond acceptors (Lipinski definition) is 5. The molecular formula is C21H17ClFN3O2. The van der Waals surface area contributed by atoms with Gasteiger partial charge in [0.05, 0.1) is 6.20 Å². The van der Waals surface area contributed by atoms with Crippen LogP contribution in [0.25, 0.3) is 0 Å². The van der Waals surface area contributed by atoms with Crippen molar-refractivity contribution >= 4 is 23.0 Å². The van der Waals surface area contributed by atoms with E-state index in [2.05, 4.69) is 9.97 Å². The number of nitrogens with zero attached hydrogens (tertiary/aromatic N) is 3. The quantitative estimate of drug-likeness (QED) is 0.560. The van der Waals surface area contributed by atoms with Crippen molar-refractivity contribution in [2.45, 2.75) is 13.3 Å². The monoisotopic (exact) mass is 397 g/mol. The van der Waals surface area contributed by atoms with Crippen LogP contribution < -0.4 is 4.90 Å². The lowest BCUT2D eigenvalue weighted by Gasteiger charge is -2.24.